The molecule has 2 unspecified atom stereocenters. The second kappa shape index (κ2) is 4.42. The molecule has 0 spiro atoms. The minimum Gasteiger partial charge on any atom is -0.490 e. The first-order chi connectivity index (χ1) is 7.61. The summed E-state index contributed by atoms with van der Waals surface area (Å²) in [5.74, 6) is 1.07. The van der Waals surface area contributed by atoms with Crippen molar-refractivity contribution in [3.63, 3.8) is 0 Å². The molecule has 0 saturated heterocycles. The Balaban J connectivity index is 2.34. The third-order valence-electron chi connectivity index (χ3n) is 3.19. The van der Waals surface area contributed by atoms with Crippen LogP contribution in [-0.4, -0.2) is 13.2 Å². The van der Waals surface area contributed by atoms with E-state index < -0.39 is 0 Å². The minimum atomic E-state index is -0.203. The molecule has 0 radical (unpaired) electrons. The third-order valence-corrected chi connectivity index (χ3v) is 3.19. The molecule has 2 atom stereocenters. The highest BCUT2D eigenvalue weighted by Crippen LogP contribution is 2.36. The van der Waals surface area contributed by atoms with E-state index in [-0.39, 0.29) is 18.0 Å². The Bertz CT molecular complexity index is 378. The van der Waals surface area contributed by atoms with Gasteiger partial charge in [-0.15, -0.1) is 0 Å². The average molecular weight is 223 g/mol. The summed E-state index contributed by atoms with van der Waals surface area (Å²) in [5.41, 5.74) is 0.930. The molecule has 1 N–H and O–H groups in total. The molecule has 0 amide bonds. The first kappa shape index (κ1) is 11.4. The highest BCUT2D eigenvalue weighted by atomic mass is 19.1. The van der Waals surface area contributed by atoms with E-state index in [9.17, 15) is 4.39 Å². The van der Waals surface area contributed by atoms with Gasteiger partial charge in [0.25, 0.3) is 0 Å². The standard InChI is InChI=1S/C13H18FNO/c1-8(2)13-7-11(15-3)10-6-9(14)4-5-12(10)16-13/h4-6,8,11,13,15H,7H2,1-3H3. The lowest BCUT2D eigenvalue weighted by Crippen LogP contribution is -2.34. The Hall–Kier alpha value is -1.09. The van der Waals surface area contributed by atoms with Crippen LogP contribution >= 0.6 is 0 Å². The van der Waals surface area contributed by atoms with E-state index in [0.717, 1.165) is 17.7 Å². The van der Waals surface area contributed by atoms with Crippen LogP contribution in [0.5, 0.6) is 5.75 Å². The van der Waals surface area contributed by atoms with Gasteiger partial charge in [-0.1, -0.05) is 13.8 Å². The lowest BCUT2D eigenvalue weighted by molar-refractivity contribution is 0.109. The molecule has 1 aromatic rings. The first-order valence-electron chi connectivity index (χ1n) is 5.75. The molecule has 3 heteroatoms. The van der Waals surface area contributed by atoms with Gasteiger partial charge in [-0.25, -0.2) is 4.39 Å². The molecule has 0 fully saturated rings. The van der Waals surface area contributed by atoms with Crippen molar-refractivity contribution in [3.05, 3.63) is 29.6 Å². The fraction of sp³-hybridized carbons (Fsp3) is 0.538. The maximum atomic E-state index is 13.2. The van der Waals surface area contributed by atoms with E-state index in [2.05, 4.69) is 19.2 Å². The van der Waals surface area contributed by atoms with Crippen molar-refractivity contribution in [3.8, 4) is 5.75 Å². The topological polar surface area (TPSA) is 21.3 Å². The summed E-state index contributed by atoms with van der Waals surface area (Å²) in [5, 5.41) is 3.23. The van der Waals surface area contributed by atoms with Crippen LogP contribution in [0.2, 0.25) is 0 Å². The lowest BCUT2D eigenvalue weighted by Gasteiger charge is -2.34. The molecule has 0 bridgehead atoms. The van der Waals surface area contributed by atoms with Crippen molar-refractivity contribution in [1.82, 2.24) is 5.32 Å². The molecule has 2 rings (SSSR count). The van der Waals surface area contributed by atoms with E-state index in [4.69, 9.17) is 4.74 Å². The van der Waals surface area contributed by atoms with Crippen molar-refractivity contribution in [1.29, 1.82) is 0 Å². The van der Waals surface area contributed by atoms with Gasteiger partial charge in [0.05, 0.1) is 0 Å². The van der Waals surface area contributed by atoms with Crippen molar-refractivity contribution in [2.24, 2.45) is 5.92 Å². The molecular formula is C13H18FNO. The Morgan fingerprint density at radius 3 is 2.81 bits per heavy atom. The average Bonchev–Trinajstić information content (AvgIpc) is 2.27. The predicted molar refractivity (Wildman–Crippen MR) is 62.1 cm³/mol. The second-order valence-electron chi connectivity index (χ2n) is 4.66. The Kier molecular flexibility index (Phi) is 3.15. The van der Waals surface area contributed by atoms with Crippen molar-refractivity contribution in [2.45, 2.75) is 32.4 Å². The molecular weight excluding hydrogens is 205 g/mol. The van der Waals surface area contributed by atoms with Crippen molar-refractivity contribution < 1.29 is 9.13 Å². The number of halogens is 1. The quantitative estimate of drug-likeness (QED) is 0.832. The zero-order valence-electron chi connectivity index (χ0n) is 9.96. The number of hydrogen-bond acceptors (Lipinski definition) is 2. The van der Waals surface area contributed by atoms with Crippen LogP contribution in [0.3, 0.4) is 0 Å². The number of ether oxygens (including phenoxy) is 1. The van der Waals surface area contributed by atoms with Crippen molar-refractivity contribution >= 4 is 0 Å². The van der Waals surface area contributed by atoms with Gasteiger partial charge in [-0.2, -0.15) is 0 Å². The minimum absolute atomic E-state index is 0.187. The summed E-state index contributed by atoms with van der Waals surface area (Å²) in [6.45, 7) is 4.29. The largest absolute Gasteiger partial charge is 0.490 e. The second-order valence-corrected chi connectivity index (χ2v) is 4.66. The van der Waals surface area contributed by atoms with Crippen LogP contribution in [0.4, 0.5) is 4.39 Å². The molecule has 0 aromatic heterocycles. The highest BCUT2D eigenvalue weighted by molar-refractivity contribution is 5.38. The molecule has 0 aliphatic carbocycles. The van der Waals surface area contributed by atoms with Gasteiger partial charge in [0.15, 0.2) is 0 Å². The molecule has 88 valence electrons. The highest BCUT2D eigenvalue weighted by Gasteiger charge is 2.29. The van der Waals surface area contributed by atoms with E-state index >= 15 is 0 Å². The fourth-order valence-corrected chi connectivity index (χ4v) is 2.15. The van der Waals surface area contributed by atoms with Crippen LogP contribution in [0, 0.1) is 11.7 Å². The number of nitrogens with one attached hydrogen (secondary N) is 1. The van der Waals surface area contributed by atoms with E-state index in [1.165, 1.54) is 6.07 Å². The molecule has 16 heavy (non-hydrogen) atoms. The summed E-state index contributed by atoms with van der Waals surface area (Å²) in [7, 11) is 1.90. The van der Waals surface area contributed by atoms with Crippen LogP contribution in [0.1, 0.15) is 31.9 Å². The van der Waals surface area contributed by atoms with Gasteiger partial charge in [0.1, 0.15) is 17.7 Å². The fourth-order valence-electron chi connectivity index (χ4n) is 2.15. The first-order valence-corrected chi connectivity index (χ1v) is 5.75. The van der Waals surface area contributed by atoms with E-state index in [1.807, 2.05) is 7.05 Å². The normalized spacial score (nSPS) is 24.1. The van der Waals surface area contributed by atoms with Crippen LogP contribution in [-0.2, 0) is 0 Å². The SMILES string of the molecule is CNC1CC(C(C)C)Oc2ccc(F)cc21. The van der Waals surface area contributed by atoms with E-state index in [0.29, 0.717) is 5.92 Å². The number of rotatable bonds is 2. The Labute approximate surface area is 95.8 Å². The molecule has 2 nitrogen and oxygen atoms in total. The molecule has 1 aliphatic rings. The van der Waals surface area contributed by atoms with E-state index in [1.54, 1.807) is 12.1 Å². The Morgan fingerprint density at radius 2 is 2.19 bits per heavy atom. The molecule has 1 aromatic carbocycles. The van der Waals surface area contributed by atoms with Gasteiger partial charge in [0, 0.05) is 18.0 Å². The zero-order chi connectivity index (χ0) is 11.7. The third kappa shape index (κ3) is 2.05. The summed E-state index contributed by atoms with van der Waals surface area (Å²) in [6, 6.07) is 4.93. The van der Waals surface area contributed by atoms with Crippen molar-refractivity contribution in [2.75, 3.05) is 7.05 Å². The maximum Gasteiger partial charge on any atom is 0.124 e. The number of hydrogen-bond donors (Lipinski definition) is 1. The summed E-state index contributed by atoms with van der Waals surface area (Å²) in [4.78, 5) is 0. The summed E-state index contributed by atoms with van der Waals surface area (Å²) >= 11 is 0. The van der Waals surface area contributed by atoms with Crippen LogP contribution in [0.15, 0.2) is 18.2 Å². The summed E-state index contributed by atoms with van der Waals surface area (Å²) in [6.07, 6.45) is 1.10. The Morgan fingerprint density at radius 1 is 1.44 bits per heavy atom. The number of benzene rings is 1. The maximum absolute atomic E-state index is 13.2. The van der Waals surface area contributed by atoms with Gasteiger partial charge < -0.3 is 10.1 Å². The zero-order valence-corrected chi connectivity index (χ0v) is 9.96. The van der Waals surface area contributed by atoms with Crippen LogP contribution in [0.25, 0.3) is 0 Å². The monoisotopic (exact) mass is 223 g/mol. The number of fused-ring (bicyclic) bond motifs is 1. The van der Waals surface area contributed by atoms with Crippen LogP contribution < -0.4 is 10.1 Å². The lowest BCUT2D eigenvalue weighted by atomic mass is 9.91. The van der Waals surface area contributed by atoms with Gasteiger partial charge >= 0.3 is 0 Å². The predicted octanol–water partition coefficient (Wildman–Crippen LogP) is 2.89. The van der Waals surface area contributed by atoms with Gasteiger partial charge in [-0.3, -0.25) is 0 Å². The smallest absolute Gasteiger partial charge is 0.124 e. The molecule has 1 heterocycles. The molecule has 0 saturated carbocycles. The van der Waals surface area contributed by atoms with Gasteiger partial charge in [-0.05, 0) is 31.2 Å². The van der Waals surface area contributed by atoms with Gasteiger partial charge in [0.2, 0.25) is 0 Å². The molecule has 1 aliphatic heterocycles. The summed E-state index contributed by atoms with van der Waals surface area (Å²) < 4.78 is 19.1.